The molecule has 0 aliphatic carbocycles. The van der Waals surface area contributed by atoms with Crippen LogP contribution in [0.4, 0.5) is 0 Å². The molecule has 2 aromatic carbocycles. The van der Waals surface area contributed by atoms with Crippen molar-refractivity contribution in [2.75, 3.05) is 20.3 Å². The van der Waals surface area contributed by atoms with E-state index in [9.17, 15) is 19.2 Å². The molecule has 0 amide bonds. The van der Waals surface area contributed by atoms with Crippen LogP contribution in [0.2, 0.25) is 0 Å². The number of ether oxygens (including phenoxy) is 4. The Hall–Kier alpha value is -4.51. The number of benzene rings is 2. The van der Waals surface area contributed by atoms with Gasteiger partial charge in [-0.3, -0.25) is 14.2 Å². The fourth-order valence-corrected chi connectivity index (χ4v) is 5.35. The zero-order valence-electron chi connectivity index (χ0n) is 22.7. The number of carbonyl (C=O) groups excluding carboxylic acids is 3. The van der Waals surface area contributed by atoms with E-state index in [0.717, 1.165) is 0 Å². The monoisotopic (exact) mass is 564 g/mol. The van der Waals surface area contributed by atoms with Gasteiger partial charge in [0, 0.05) is 6.92 Å². The van der Waals surface area contributed by atoms with Gasteiger partial charge in [-0.1, -0.05) is 29.5 Å². The van der Waals surface area contributed by atoms with Crippen molar-refractivity contribution in [2.24, 2.45) is 4.99 Å². The van der Waals surface area contributed by atoms with Crippen LogP contribution < -0.4 is 24.4 Å². The highest BCUT2D eigenvalue weighted by Crippen LogP contribution is 2.31. The molecule has 4 rings (SSSR count). The second-order valence-electron chi connectivity index (χ2n) is 8.65. The summed E-state index contributed by atoms with van der Waals surface area (Å²) in [7, 11) is 1.29. The average molecular weight is 565 g/mol. The standard InChI is InChI=1S/C29H28N2O8S/c1-6-37-22-14-18(8-13-21(22)39-17(4)32)15-23-26(33)31-25(19-9-11-20(12-10-19)27(34)36-5)24(28(35)38-7-2)16(3)30-29(31)40-23/h8-15,25H,6-7H2,1-5H3. The van der Waals surface area contributed by atoms with Crippen molar-refractivity contribution in [3.05, 3.63) is 90.1 Å². The summed E-state index contributed by atoms with van der Waals surface area (Å²) in [6.45, 7) is 7.01. The molecule has 1 unspecified atom stereocenters. The van der Waals surface area contributed by atoms with Crippen LogP contribution in [0, 0.1) is 0 Å². The largest absolute Gasteiger partial charge is 0.490 e. The van der Waals surface area contributed by atoms with Crippen LogP contribution in [0.25, 0.3) is 6.08 Å². The van der Waals surface area contributed by atoms with Gasteiger partial charge in [-0.25, -0.2) is 14.6 Å². The fraction of sp³-hybridized carbons (Fsp3) is 0.276. The van der Waals surface area contributed by atoms with Crippen LogP contribution in [0.5, 0.6) is 11.5 Å². The van der Waals surface area contributed by atoms with Gasteiger partial charge in [-0.15, -0.1) is 0 Å². The first-order chi connectivity index (χ1) is 19.2. The Bertz CT molecular complexity index is 1680. The zero-order chi connectivity index (χ0) is 29.0. The van der Waals surface area contributed by atoms with Crippen molar-refractivity contribution in [2.45, 2.75) is 33.7 Å². The molecule has 11 heteroatoms. The molecule has 1 aromatic heterocycles. The van der Waals surface area contributed by atoms with Crippen LogP contribution in [0.1, 0.15) is 55.2 Å². The van der Waals surface area contributed by atoms with Crippen LogP contribution in [-0.2, 0) is 19.1 Å². The third-order valence-electron chi connectivity index (χ3n) is 5.98. The normalized spacial score (nSPS) is 14.7. The molecule has 208 valence electrons. The van der Waals surface area contributed by atoms with Gasteiger partial charge in [0.05, 0.1) is 47.7 Å². The van der Waals surface area contributed by atoms with Gasteiger partial charge in [0.15, 0.2) is 16.3 Å². The molecule has 0 fully saturated rings. The summed E-state index contributed by atoms with van der Waals surface area (Å²) < 4.78 is 22.8. The van der Waals surface area contributed by atoms with Crippen molar-refractivity contribution in [1.82, 2.24) is 4.57 Å². The number of methoxy groups -OCH3 is 1. The Labute approximate surface area is 233 Å². The predicted molar refractivity (Wildman–Crippen MR) is 147 cm³/mol. The maximum absolute atomic E-state index is 13.8. The predicted octanol–water partition coefficient (Wildman–Crippen LogP) is 2.91. The number of carbonyl (C=O) groups is 3. The molecule has 10 nitrogen and oxygen atoms in total. The lowest BCUT2D eigenvalue weighted by Gasteiger charge is -2.24. The molecule has 0 saturated carbocycles. The van der Waals surface area contributed by atoms with E-state index >= 15 is 0 Å². The molecular weight excluding hydrogens is 536 g/mol. The number of thiazole rings is 1. The molecule has 3 aromatic rings. The SMILES string of the molecule is CCOC(=O)C1=C(C)N=c2sc(=Cc3ccc(OC(C)=O)c(OCC)c3)c(=O)n2C1c1ccc(C(=O)OC)cc1. The van der Waals surface area contributed by atoms with Crippen molar-refractivity contribution in [1.29, 1.82) is 0 Å². The number of rotatable bonds is 8. The van der Waals surface area contributed by atoms with E-state index < -0.39 is 23.9 Å². The molecule has 0 N–H and O–H groups in total. The number of allylic oxidation sites excluding steroid dienone is 1. The van der Waals surface area contributed by atoms with Crippen molar-refractivity contribution >= 4 is 35.3 Å². The summed E-state index contributed by atoms with van der Waals surface area (Å²) in [4.78, 5) is 55.3. The van der Waals surface area contributed by atoms with E-state index in [1.54, 1.807) is 62.4 Å². The summed E-state index contributed by atoms with van der Waals surface area (Å²) >= 11 is 1.17. The van der Waals surface area contributed by atoms with Crippen LogP contribution in [0.3, 0.4) is 0 Å². The molecule has 1 atom stereocenters. The van der Waals surface area contributed by atoms with Crippen molar-refractivity contribution < 1.29 is 33.3 Å². The molecule has 40 heavy (non-hydrogen) atoms. The first-order valence-electron chi connectivity index (χ1n) is 12.5. The molecule has 1 aliphatic heterocycles. The second kappa shape index (κ2) is 12.1. The van der Waals surface area contributed by atoms with Gasteiger partial charge >= 0.3 is 17.9 Å². The molecule has 0 radical (unpaired) electrons. The third-order valence-corrected chi connectivity index (χ3v) is 6.97. The maximum atomic E-state index is 13.8. The lowest BCUT2D eigenvalue weighted by molar-refractivity contribution is -0.139. The molecule has 0 spiro atoms. The topological polar surface area (TPSA) is 122 Å². The number of hydrogen-bond donors (Lipinski definition) is 0. The summed E-state index contributed by atoms with van der Waals surface area (Å²) in [5.74, 6) is -0.919. The summed E-state index contributed by atoms with van der Waals surface area (Å²) in [6, 6.07) is 10.7. The minimum atomic E-state index is -0.825. The van der Waals surface area contributed by atoms with Crippen molar-refractivity contribution in [3.63, 3.8) is 0 Å². The number of esters is 3. The van der Waals surface area contributed by atoms with Gasteiger partial charge in [-0.2, -0.15) is 0 Å². The smallest absolute Gasteiger partial charge is 0.338 e. The van der Waals surface area contributed by atoms with Crippen molar-refractivity contribution in [3.8, 4) is 11.5 Å². The minimum absolute atomic E-state index is 0.152. The number of nitrogens with zero attached hydrogens (tertiary/aromatic N) is 2. The molecule has 0 bridgehead atoms. The van der Waals surface area contributed by atoms with Gasteiger partial charge in [0.25, 0.3) is 5.56 Å². The fourth-order valence-electron chi connectivity index (χ4n) is 4.30. The van der Waals surface area contributed by atoms with Crippen LogP contribution >= 0.6 is 11.3 Å². The zero-order valence-corrected chi connectivity index (χ0v) is 23.5. The molecular formula is C29H28N2O8S. The Morgan fingerprint density at radius 3 is 2.38 bits per heavy atom. The minimum Gasteiger partial charge on any atom is -0.490 e. The maximum Gasteiger partial charge on any atom is 0.338 e. The summed E-state index contributed by atoms with van der Waals surface area (Å²) in [5, 5.41) is 0. The van der Waals surface area contributed by atoms with Gasteiger partial charge < -0.3 is 18.9 Å². The van der Waals surface area contributed by atoms with E-state index in [-0.39, 0.29) is 23.5 Å². The van der Waals surface area contributed by atoms with E-state index in [0.29, 0.717) is 44.1 Å². The van der Waals surface area contributed by atoms with E-state index in [4.69, 9.17) is 18.9 Å². The lowest BCUT2D eigenvalue weighted by atomic mass is 9.95. The summed E-state index contributed by atoms with van der Waals surface area (Å²) in [5.41, 5.74) is 1.88. The average Bonchev–Trinajstić information content (AvgIpc) is 3.23. The molecule has 1 aliphatic rings. The first kappa shape index (κ1) is 28.5. The van der Waals surface area contributed by atoms with E-state index in [1.165, 1.54) is 29.9 Å². The highest BCUT2D eigenvalue weighted by molar-refractivity contribution is 7.07. The Kier molecular flexibility index (Phi) is 8.64. The van der Waals surface area contributed by atoms with Crippen LogP contribution in [-0.4, -0.2) is 42.8 Å². The van der Waals surface area contributed by atoms with E-state index in [1.807, 2.05) is 6.92 Å². The third kappa shape index (κ3) is 5.74. The Balaban J connectivity index is 1.88. The highest BCUT2D eigenvalue weighted by Gasteiger charge is 2.33. The van der Waals surface area contributed by atoms with E-state index in [2.05, 4.69) is 4.99 Å². The Morgan fingerprint density at radius 1 is 1.02 bits per heavy atom. The van der Waals surface area contributed by atoms with Gasteiger partial charge in [-0.05, 0) is 62.2 Å². The number of fused-ring (bicyclic) bond motifs is 1. The van der Waals surface area contributed by atoms with Gasteiger partial charge in [0.1, 0.15) is 0 Å². The molecule has 0 saturated heterocycles. The second-order valence-corrected chi connectivity index (χ2v) is 9.66. The number of aromatic nitrogens is 1. The first-order valence-corrected chi connectivity index (χ1v) is 13.3. The molecule has 2 heterocycles. The summed E-state index contributed by atoms with van der Waals surface area (Å²) in [6.07, 6.45) is 1.69. The highest BCUT2D eigenvalue weighted by atomic mass is 32.1. The quantitative estimate of drug-likeness (QED) is 0.302. The van der Waals surface area contributed by atoms with Crippen LogP contribution in [0.15, 0.2) is 63.5 Å². The van der Waals surface area contributed by atoms with Gasteiger partial charge in [0.2, 0.25) is 0 Å². The number of hydrogen-bond acceptors (Lipinski definition) is 10. The Morgan fingerprint density at radius 2 is 1.75 bits per heavy atom. The lowest BCUT2D eigenvalue weighted by Crippen LogP contribution is -2.40.